The number of carboxylic acid groups (broad SMARTS) is 1. The van der Waals surface area contributed by atoms with Crippen LogP contribution in [0.15, 0.2) is 70.6 Å². The molecular formula is C28H30ClF3N4O5S. The second-order valence-electron chi connectivity index (χ2n) is 9.39. The van der Waals surface area contributed by atoms with Crippen molar-refractivity contribution >= 4 is 50.1 Å². The molecule has 0 radical (unpaired) electrons. The van der Waals surface area contributed by atoms with Crippen LogP contribution in [0.5, 0.6) is 0 Å². The van der Waals surface area contributed by atoms with Crippen molar-refractivity contribution in [2.75, 3.05) is 40.3 Å². The van der Waals surface area contributed by atoms with Crippen LogP contribution in [-0.2, 0) is 26.0 Å². The number of halogens is 4. The normalized spacial score (nSPS) is 13.3. The fourth-order valence-electron chi connectivity index (χ4n) is 4.04. The molecule has 42 heavy (non-hydrogen) atoms. The number of alkyl halides is 3. The van der Waals surface area contributed by atoms with Gasteiger partial charge < -0.3 is 15.3 Å². The summed E-state index contributed by atoms with van der Waals surface area (Å²) in [6.45, 7) is 2.31. The highest BCUT2D eigenvalue weighted by molar-refractivity contribution is 7.89. The zero-order valence-corrected chi connectivity index (χ0v) is 24.4. The molecular weight excluding hydrogens is 597 g/mol. The van der Waals surface area contributed by atoms with Gasteiger partial charge in [0.1, 0.15) is 5.84 Å². The van der Waals surface area contributed by atoms with E-state index in [1.165, 1.54) is 11.4 Å². The number of hydrogen-bond acceptors (Lipinski definition) is 6. The van der Waals surface area contributed by atoms with Crippen LogP contribution in [0.2, 0.25) is 5.02 Å². The Labute approximate surface area is 246 Å². The lowest BCUT2D eigenvalue weighted by Crippen LogP contribution is -2.34. The highest BCUT2D eigenvalue weighted by Crippen LogP contribution is 2.30. The van der Waals surface area contributed by atoms with E-state index in [2.05, 4.69) is 10.3 Å². The fourth-order valence-corrected chi connectivity index (χ4v) is 5.65. The number of fused-ring (bicyclic) bond motifs is 1. The monoisotopic (exact) mass is 626 g/mol. The summed E-state index contributed by atoms with van der Waals surface area (Å²) in [4.78, 5) is 27.8. The van der Waals surface area contributed by atoms with Crippen LogP contribution in [-0.4, -0.2) is 86.9 Å². The Balaban J connectivity index is 0.000000616. The number of amides is 1. The molecule has 0 aliphatic carbocycles. The summed E-state index contributed by atoms with van der Waals surface area (Å²) in [6.07, 6.45) is -4.27. The molecule has 0 unspecified atom stereocenters. The molecule has 226 valence electrons. The Morgan fingerprint density at radius 2 is 1.62 bits per heavy atom. The van der Waals surface area contributed by atoms with E-state index in [9.17, 15) is 26.4 Å². The van der Waals surface area contributed by atoms with Crippen molar-refractivity contribution in [1.29, 1.82) is 0 Å². The van der Waals surface area contributed by atoms with Gasteiger partial charge >= 0.3 is 12.1 Å². The Kier molecular flexibility index (Phi) is 10.9. The molecule has 4 rings (SSSR count). The average molecular weight is 627 g/mol. The summed E-state index contributed by atoms with van der Waals surface area (Å²) in [5, 5.41) is 12.1. The lowest BCUT2D eigenvalue weighted by molar-refractivity contribution is -0.192. The zero-order chi connectivity index (χ0) is 31.1. The molecule has 9 nitrogen and oxygen atoms in total. The Bertz CT molecular complexity index is 1560. The van der Waals surface area contributed by atoms with Crippen LogP contribution in [0.25, 0.3) is 10.8 Å². The molecule has 0 atom stereocenters. The second kappa shape index (κ2) is 14.0. The van der Waals surface area contributed by atoms with Gasteiger partial charge in [-0.15, -0.1) is 0 Å². The summed E-state index contributed by atoms with van der Waals surface area (Å²) < 4.78 is 59.4. The van der Waals surface area contributed by atoms with Gasteiger partial charge in [-0.25, -0.2) is 17.5 Å². The Morgan fingerprint density at radius 1 is 1.00 bits per heavy atom. The van der Waals surface area contributed by atoms with Gasteiger partial charge in [-0.3, -0.25) is 9.79 Å². The third-order valence-corrected chi connectivity index (χ3v) is 8.71. The van der Waals surface area contributed by atoms with E-state index in [-0.39, 0.29) is 23.8 Å². The number of aliphatic carboxylic acids is 1. The number of nitrogens with one attached hydrogen (secondary N) is 1. The summed E-state index contributed by atoms with van der Waals surface area (Å²) >= 11 is 6.24. The maximum atomic E-state index is 13.2. The smallest absolute Gasteiger partial charge is 0.475 e. The zero-order valence-electron chi connectivity index (χ0n) is 22.9. The molecule has 1 amide bonds. The van der Waals surface area contributed by atoms with Crippen molar-refractivity contribution in [2.24, 2.45) is 4.99 Å². The largest absolute Gasteiger partial charge is 0.490 e. The minimum Gasteiger partial charge on any atom is -0.475 e. The van der Waals surface area contributed by atoms with Crippen LogP contribution >= 0.6 is 11.6 Å². The first-order chi connectivity index (χ1) is 19.7. The number of carbonyl (C=O) groups excluding carboxylic acids is 1. The molecule has 0 spiro atoms. The summed E-state index contributed by atoms with van der Waals surface area (Å²) in [7, 11) is -0.539. The lowest BCUT2D eigenvalue weighted by atomic mass is 10.1. The number of nitrogens with zero attached hydrogens (tertiary/aromatic N) is 3. The maximum absolute atomic E-state index is 13.2. The topological polar surface area (TPSA) is 119 Å². The van der Waals surface area contributed by atoms with Crippen molar-refractivity contribution < 1.29 is 36.3 Å². The number of rotatable bonds is 9. The molecule has 0 saturated carbocycles. The number of sulfonamides is 1. The van der Waals surface area contributed by atoms with Crippen molar-refractivity contribution in [3.63, 3.8) is 0 Å². The number of carboxylic acids is 1. The Hall–Kier alpha value is -3.68. The van der Waals surface area contributed by atoms with E-state index >= 15 is 0 Å². The van der Waals surface area contributed by atoms with Gasteiger partial charge in [0.25, 0.3) is 0 Å². The molecule has 14 heteroatoms. The van der Waals surface area contributed by atoms with Crippen LogP contribution in [0, 0.1) is 0 Å². The van der Waals surface area contributed by atoms with E-state index < -0.39 is 22.2 Å². The molecule has 2 N–H and O–H groups in total. The van der Waals surface area contributed by atoms with E-state index in [4.69, 9.17) is 21.5 Å². The third kappa shape index (κ3) is 8.43. The number of amidine groups is 1. The highest BCUT2D eigenvalue weighted by atomic mass is 35.5. The second-order valence-corrected chi connectivity index (χ2v) is 11.8. The first-order valence-electron chi connectivity index (χ1n) is 12.8. The Morgan fingerprint density at radius 3 is 2.21 bits per heavy atom. The molecule has 0 aromatic heterocycles. The van der Waals surface area contributed by atoms with E-state index in [1.807, 2.05) is 24.3 Å². The minimum absolute atomic E-state index is 0.0896. The molecule has 0 fully saturated rings. The van der Waals surface area contributed by atoms with E-state index in [0.717, 1.165) is 30.1 Å². The minimum atomic E-state index is -5.08. The quantitative estimate of drug-likeness (QED) is 0.368. The van der Waals surface area contributed by atoms with Crippen molar-refractivity contribution in [1.82, 2.24) is 14.5 Å². The van der Waals surface area contributed by atoms with Crippen molar-refractivity contribution in [2.45, 2.75) is 23.9 Å². The van der Waals surface area contributed by atoms with Gasteiger partial charge in [-0.1, -0.05) is 60.1 Å². The first kappa shape index (κ1) is 32.8. The SMILES string of the molecule is CN(CCc1ccc(C2=NCCN2)cc1)C(=O)CCN(C)S(=O)(=O)c1cccc2c(Cl)cccc12.O=C(O)C(F)(F)F. The third-order valence-electron chi connectivity index (χ3n) is 6.46. The average Bonchev–Trinajstić information content (AvgIpc) is 3.49. The van der Waals surface area contributed by atoms with Crippen LogP contribution in [0.4, 0.5) is 13.2 Å². The summed E-state index contributed by atoms with van der Waals surface area (Å²) in [5.74, 6) is -1.93. The summed E-state index contributed by atoms with van der Waals surface area (Å²) in [6, 6.07) is 18.4. The molecule has 0 saturated heterocycles. The number of carbonyl (C=O) groups is 2. The van der Waals surface area contributed by atoms with E-state index in [1.54, 1.807) is 48.3 Å². The molecule has 3 aromatic rings. The standard InChI is InChI=1S/C26H29ClN4O3S.C2HF3O2/c1-30(17-13-19-9-11-20(12-10-19)26-28-15-16-29-26)25(32)14-18-31(2)35(33,34)24-8-4-5-21-22(24)6-3-7-23(21)27;3-2(4,5)1(6)7/h3-12H,13-18H2,1-2H3,(H,28,29);(H,6,7). The maximum Gasteiger partial charge on any atom is 0.490 e. The van der Waals surface area contributed by atoms with Gasteiger partial charge in [0.15, 0.2) is 0 Å². The van der Waals surface area contributed by atoms with Crippen molar-refractivity contribution in [3.8, 4) is 0 Å². The number of benzene rings is 3. The predicted molar refractivity (Wildman–Crippen MR) is 154 cm³/mol. The molecule has 1 aliphatic rings. The molecule has 1 aliphatic heterocycles. The first-order valence-corrected chi connectivity index (χ1v) is 14.6. The predicted octanol–water partition coefficient (Wildman–Crippen LogP) is 4.19. The molecule has 3 aromatic carbocycles. The van der Waals surface area contributed by atoms with Gasteiger partial charge in [-0.2, -0.15) is 13.2 Å². The molecule has 1 heterocycles. The molecule has 0 bridgehead atoms. The van der Waals surface area contributed by atoms with Gasteiger partial charge in [0.2, 0.25) is 15.9 Å². The highest BCUT2D eigenvalue weighted by Gasteiger charge is 2.38. The van der Waals surface area contributed by atoms with Crippen LogP contribution in [0.1, 0.15) is 17.5 Å². The fraction of sp³-hybridized carbons (Fsp3) is 0.321. The van der Waals surface area contributed by atoms with Crippen LogP contribution < -0.4 is 5.32 Å². The van der Waals surface area contributed by atoms with Crippen molar-refractivity contribution in [3.05, 3.63) is 76.8 Å². The number of hydrogen-bond donors (Lipinski definition) is 2. The summed E-state index contributed by atoms with van der Waals surface area (Å²) in [5.41, 5.74) is 2.19. The van der Waals surface area contributed by atoms with Gasteiger partial charge in [-0.05, 0) is 24.1 Å². The number of likely N-dealkylation sites (N-methyl/N-ethyl adjacent to an activating group) is 1. The lowest BCUT2D eigenvalue weighted by Gasteiger charge is -2.21. The van der Waals surface area contributed by atoms with E-state index in [0.29, 0.717) is 28.8 Å². The van der Waals surface area contributed by atoms with Gasteiger partial charge in [0, 0.05) is 61.5 Å². The number of aliphatic imine (C=N–C) groups is 1. The van der Waals surface area contributed by atoms with Gasteiger partial charge in [0.05, 0.1) is 11.4 Å². The van der Waals surface area contributed by atoms with Crippen LogP contribution in [0.3, 0.4) is 0 Å².